The van der Waals surface area contributed by atoms with Gasteiger partial charge in [0.25, 0.3) is 0 Å². The first kappa shape index (κ1) is 21.4. The van der Waals surface area contributed by atoms with Gasteiger partial charge in [-0.25, -0.2) is 0 Å². The van der Waals surface area contributed by atoms with Crippen LogP contribution in [0.2, 0.25) is 0 Å². The van der Waals surface area contributed by atoms with Crippen LogP contribution < -0.4 is 10.0 Å². The van der Waals surface area contributed by atoms with Crippen molar-refractivity contribution in [3.05, 3.63) is 36.7 Å². The van der Waals surface area contributed by atoms with E-state index in [1.807, 2.05) is 11.9 Å². The average molecular weight is 378 g/mol. The number of likely N-dealkylation sites (tertiary alicyclic amines) is 1. The van der Waals surface area contributed by atoms with Gasteiger partial charge in [-0.2, -0.15) is 0 Å². The van der Waals surface area contributed by atoms with E-state index in [2.05, 4.69) is 61.1 Å². The van der Waals surface area contributed by atoms with E-state index in [0.717, 1.165) is 16.6 Å². The molecule has 0 spiro atoms. The maximum absolute atomic E-state index is 4.37. The average Bonchev–Trinajstić information content (AvgIpc) is 3.36. The molecule has 2 unspecified atom stereocenters. The molecule has 1 saturated carbocycles. The molecule has 2 aliphatic rings. The molecule has 0 aromatic carbocycles. The molecule has 148 valence electrons. The molecule has 3 atom stereocenters. The van der Waals surface area contributed by atoms with Crippen LogP contribution in [0.3, 0.4) is 0 Å². The first-order valence-electron chi connectivity index (χ1n) is 10.5. The third-order valence-corrected chi connectivity index (χ3v) is 6.64. The highest BCUT2D eigenvalue weighted by Crippen LogP contribution is 2.33. The van der Waals surface area contributed by atoms with E-state index in [-0.39, 0.29) is 6.04 Å². The van der Waals surface area contributed by atoms with Crippen molar-refractivity contribution in [2.45, 2.75) is 82.5 Å². The molecule has 1 heterocycles. The summed E-state index contributed by atoms with van der Waals surface area (Å²) in [5.74, 6) is 0.389. The third kappa shape index (κ3) is 7.03. The molecule has 0 radical (unpaired) electrons. The molecule has 2 rings (SSSR count). The summed E-state index contributed by atoms with van der Waals surface area (Å²) in [5.41, 5.74) is 2.22. The van der Waals surface area contributed by atoms with Crippen molar-refractivity contribution >= 4 is 11.9 Å². The van der Waals surface area contributed by atoms with Gasteiger partial charge in [0.2, 0.25) is 0 Å². The monoisotopic (exact) mass is 377 g/mol. The van der Waals surface area contributed by atoms with Crippen molar-refractivity contribution in [2.24, 2.45) is 5.92 Å². The lowest BCUT2D eigenvalue weighted by Crippen LogP contribution is -2.43. The predicted molar refractivity (Wildman–Crippen MR) is 117 cm³/mol. The zero-order valence-electron chi connectivity index (χ0n) is 17.1. The van der Waals surface area contributed by atoms with Gasteiger partial charge in [-0.05, 0) is 70.0 Å². The second kappa shape index (κ2) is 11.1. The van der Waals surface area contributed by atoms with Crippen LogP contribution in [0.15, 0.2) is 36.7 Å². The van der Waals surface area contributed by atoms with Crippen molar-refractivity contribution in [1.29, 1.82) is 0 Å². The quantitative estimate of drug-likeness (QED) is 0.261. The van der Waals surface area contributed by atoms with Gasteiger partial charge in [0.05, 0.1) is 6.04 Å². The number of allylic oxidation sites excluding steroid dienone is 1. The fourth-order valence-corrected chi connectivity index (χ4v) is 4.34. The number of hydrogen-bond acceptors (Lipinski definition) is 4. The predicted octanol–water partition coefficient (Wildman–Crippen LogP) is 5.24. The minimum Gasteiger partial charge on any atom is -0.379 e. The van der Waals surface area contributed by atoms with Gasteiger partial charge >= 0.3 is 0 Å². The highest BCUT2D eigenvalue weighted by molar-refractivity contribution is 7.98. The number of rotatable bonds is 13. The van der Waals surface area contributed by atoms with Crippen molar-refractivity contribution in [3.8, 4) is 0 Å². The zero-order chi connectivity index (χ0) is 18.9. The number of nitrogens with one attached hydrogen (secondary N) is 2. The molecular formula is C22H39N3S. The molecule has 4 heteroatoms. The van der Waals surface area contributed by atoms with Crippen LogP contribution in [0, 0.1) is 5.92 Å². The van der Waals surface area contributed by atoms with Gasteiger partial charge in [-0.3, -0.25) is 4.90 Å². The fourth-order valence-electron chi connectivity index (χ4n) is 3.52. The lowest BCUT2D eigenvalue weighted by molar-refractivity contribution is 0.325. The Morgan fingerprint density at radius 3 is 2.65 bits per heavy atom. The maximum atomic E-state index is 4.37. The molecule has 1 aliphatic carbocycles. The Morgan fingerprint density at radius 1 is 1.27 bits per heavy atom. The summed E-state index contributed by atoms with van der Waals surface area (Å²) in [6, 6.07) is 0.632. The largest absolute Gasteiger partial charge is 0.379 e. The smallest absolute Gasteiger partial charge is 0.0719 e. The van der Waals surface area contributed by atoms with E-state index >= 15 is 0 Å². The van der Waals surface area contributed by atoms with E-state index in [9.17, 15) is 0 Å². The van der Waals surface area contributed by atoms with Gasteiger partial charge in [0, 0.05) is 22.7 Å². The van der Waals surface area contributed by atoms with Crippen molar-refractivity contribution in [3.63, 3.8) is 0 Å². The summed E-state index contributed by atoms with van der Waals surface area (Å²) in [6.07, 6.45) is 14.9. The Labute approximate surface area is 165 Å². The first-order chi connectivity index (χ1) is 12.5. The summed E-state index contributed by atoms with van der Waals surface area (Å²) in [5, 5.41) is 4.50. The molecule has 2 fully saturated rings. The Hall–Kier alpha value is -0.870. The van der Waals surface area contributed by atoms with Gasteiger partial charge < -0.3 is 10.0 Å². The van der Waals surface area contributed by atoms with Crippen LogP contribution in [-0.2, 0) is 0 Å². The Kier molecular flexibility index (Phi) is 9.13. The summed E-state index contributed by atoms with van der Waals surface area (Å²) < 4.78 is 3.51. The molecule has 26 heavy (non-hydrogen) atoms. The summed E-state index contributed by atoms with van der Waals surface area (Å²) in [7, 11) is 2.20. The number of unbranched alkanes of at least 4 members (excludes halogenated alkanes) is 3. The van der Waals surface area contributed by atoms with Gasteiger partial charge in [-0.1, -0.05) is 52.0 Å². The summed E-state index contributed by atoms with van der Waals surface area (Å²) >= 11 is 1.84. The van der Waals surface area contributed by atoms with Crippen molar-refractivity contribution in [1.82, 2.24) is 14.9 Å². The van der Waals surface area contributed by atoms with E-state index in [1.165, 1.54) is 57.9 Å². The maximum Gasteiger partial charge on any atom is 0.0719 e. The number of likely N-dealkylation sites (N-methyl/N-ethyl adjacent to an activating group) is 1. The Bertz CT molecular complexity index is 484. The van der Waals surface area contributed by atoms with Crippen molar-refractivity contribution < 1.29 is 0 Å². The van der Waals surface area contributed by atoms with Crippen LogP contribution in [0.5, 0.6) is 0 Å². The van der Waals surface area contributed by atoms with Crippen LogP contribution in [0.1, 0.15) is 65.2 Å². The number of nitrogens with zero attached hydrogens (tertiary/aromatic N) is 1. The Balaban J connectivity index is 1.92. The van der Waals surface area contributed by atoms with Gasteiger partial charge in [-0.15, -0.1) is 0 Å². The van der Waals surface area contributed by atoms with E-state index in [0.29, 0.717) is 12.0 Å². The van der Waals surface area contributed by atoms with E-state index in [1.54, 1.807) is 0 Å². The first-order valence-corrected chi connectivity index (χ1v) is 11.3. The minimum absolute atomic E-state index is 0.185. The molecule has 1 saturated heterocycles. The zero-order valence-corrected chi connectivity index (χ0v) is 17.9. The number of hydrogen-bond donors (Lipinski definition) is 2. The summed E-state index contributed by atoms with van der Waals surface area (Å²) in [4.78, 5) is 2.41. The molecule has 1 aliphatic heterocycles. The lowest BCUT2D eigenvalue weighted by atomic mass is 9.97. The molecular weight excluding hydrogens is 338 g/mol. The van der Waals surface area contributed by atoms with Crippen LogP contribution >= 0.6 is 11.9 Å². The van der Waals surface area contributed by atoms with E-state index < -0.39 is 0 Å². The lowest BCUT2D eigenvalue weighted by Gasteiger charge is -2.31. The molecule has 2 N–H and O–H groups in total. The summed E-state index contributed by atoms with van der Waals surface area (Å²) in [6.45, 7) is 14.4. The van der Waals surface area contributed by atoms with Crippen LogP contribution in [0.4, 0.5) is 0 Å². The second-order valence-corrected chi connectivity index (χ2v) is 9.12. The normalized spacial score (nSPS) is 23.1. The van der Waals surface area contributed by atoms with Gasteiger partial charge in [0.15, 0.2) is 0 Å². The highest BCUT2D eigenvalue weighted by Gasteiger charge is 2.28. The molecule has 0 aromatic heterocycles. The molecule has 3 nitrogen and oxygen atoms in total. The second-order valence-electron chi connectivity index (χ2n) is 8.01. The topological polar surface area (TPSA) is 27.3 Å². The van der Waals surface area contributed by atoms with Gasteiger partial charge in [0.1, 0.15) is 0 Å². The molecule has 0 bridgehead atoms. The van der Waals surface area contributed by atoms with Crippen LogP contribution in [0.25, 0.3) is 0 Å². The van der Waals surface area contributed by atoms with Crippen molar-refractivity contribution in [2.75, 3.05) is 13.6 Å². The van der Waals surface area contributed by atoms with E-state index in [4.69, 9.17) is 0 Å². The molecule has 0 amide bonds. The Morgan fingerprint density at radius 2 is 2.04 bits per heavy atom. The minimum atomic E-state index is 0.185. The third-order valence-electron chi connectivity index (χ3n) is 5.46. The highest BCUT2D eigenvalue weighted by atomic mass is 32.2. The SMILES string of the molecule is C=C(NSC1CC1)C(NC(=C)C1CCCN1C)[C@@H](C)/C=C\CCCCC. The standard InChI is InChI=1S/C22H39N3S/c1-6-7-8-9-10-12-17(2)22(19(4)24-26-20-14-15-20)23-18(3)21-13-11-16-25(21)5/h10,12,17,20-24H,3-4,6-9,11,13-16H2,1-2,5H3/b12-10-/t17-,21?,22?/m0/s1. The fraction of sp³-hybridized carbons (Fsp3) is 0.727. The molecule has 0 aromatic rings. The van der Waals surface area contributed by atoms with Crippen LogP contribution in [-0.4, -0.2) is 35.8 Å².